The molecule has 0 saturated carbocycles. The number of aliphatic carboxylic acids is 1. The molecule has 1 aromatic carbocycles. The average molecular weight is 347 g/mol. The van der Waals surface area contributed by atoms with Crippen LogP contribution in [0.25, 0.3) is 0 Å². The second-order valence-corrected chi connectivity index (χ2v) is 8.08. The molecule has 0 spiro atoms. The van der Waals surface area contributed by atoms with Crippen LogP contribution in [0, 0.1) is 5.92 Å². The van der Waals surface area contributed by atoms with Gasteiger partial charge in [0.2, 0.25) is 0 Å². The molecule has 1 saturated heterocycles. The van der Waals surface area contributed by atoms with E-state index in [1.165, 1.54) is 0 Å². The Bertz CT molecular complexity index is 551. The summed E-state index contributed by atoms with van der Waals surface area (Å²) < 4.78 is 23.7. The van der Waals surface area contributed by atoms with Gasteiger partial charge in [-0.15, -0.1) is 0 Å². The summed E-state index contributed by atoms with van der Waals surface area (Å²) in [5, 5.41) is 9.42. The van der Waals surface area contributed by atoms with E-state index < -0.39 is 21.7 Å². The summed E-state index contributed by atoms with van der Waals surface area (Å²) in [5.41, 5.74) is 0.736. The summed E-state index contributed by atoms with van der Waals surface area (Å²) in [6.45, 7) is 0. The van der Waals surface area contributed by atoms with Crippen LogP contribution in [-0.4, -0.2) is 31.0 Å². The molecule has 1 fully saturated rings. The van der Waals surface area contributed by atoms with E-state index in [1.807, 2.05) is 12.1 Å². The third-order valence-corrected chi connectivity index (χ3v) is 5.81. The van der Waals surface area contributed by atoms with E-state index in [4.69, 9.17) is 0 Å². The lowest BCUT2D eigenvalue weighted by Crippen LogP contribution is -2.30. The minimum atomic E-state index is -2.96. The van der Waals surface area contributed by atoms with Crippen molar-refractivity contribution >= 4 is 31.7 Å². The molecule has 1 aromatic rings. The molecule has 4 nitrogen and oxygen atoms in total. The lowest BCUT2D eigenvalue weighted by Gasteiger charge is -2.27. The van der Waals surface area contributed by atoms with Crippen LogP contribution in [0.1, 0.15) is 24.3 Å². The summed E-state index contributed by atoms with van der Waals surface area (Å²) in [6, 6.07) is 7.19. The van der Waals surface area contributed by atoms with Gasteiger partial charge in [0.15, 0.2) is 0 Å². The highest BCUT2D eigenvalue weighted by Crippen LogP contribution is 2.34. The third kappa shape index (κ3) is 3.57. The van der Waals surface area contributed by atoms with Crippen molar-refractivity contribution in [2.75, 3.05) is 11.5 Å². The fourth-order valence-corrected chi connectivity index (χ4v) is 4.32. The topological polar surface area (TPSA) is 71.4 Å². The molecule has 104 valence electrons. The van der Waals surface area contributed by atoms with Gasteiger partial charge in [-0.05, 0) is 36.5 Å². The number of carbonyl (C=O) groups is 1. The second kappa shape index (κ2) is 5.63. The van der Waals surface area contributed by atoms with Gasteiger partial charge in [0.25, 0.3) is 0 Å². The maximum Gasteiger partial charge on any atom is 0.311 e. The van der Waals surface area contributed by atoms with Gasteiger partial charge in [-0.2, -0.15) is 0 Å². The molecular weight excluding hydrogens is 332 g/mol. The standard InChI is InChI=1S/C13H15BrO4S/c14-11-3-1-9(2-4-11)12(13(15)16)10-5-7-19(17,18)8-6-10/h1-4,10,12H,5-8H2,(H,15,16). The van der Waals surface area contributed by atoms with Gasteiger partial charge in [-0.1, -0.05) is 28.1 Å². The van der Waals surface area contributed by atoms with E-state index in [1.54, 1.807) is 12.1 Å². The van der Waals surface area contributed by atoms with E-state index in [2.05, 4.69) is 15.9 Å². The van der Waals surface area contributed by atoms with Crippen molar-refractivity contribution in [2.24, 2.45) is 5.92 Å². The van der Waals surface area contributed by atoms with Gasteiger partial charge < -0.3 is 5.11 Å². The molecule has 1 N–H and O–H groups in total. The lowest BCUT2D eigenvalue weighted by molar-refractivity contribution is -0.140. The first-order valence-corrected chi connectivity index (χ1v) is 8.69. The first kappa shape index (κ1) is 14.5. The van der Waals surface area contributed by atoms with Crippen LogP contribution in [0.3, 0.4) is 0 Å². The molecule has 2 rings (SSSR count). The highest BCUT2D eigenvalue weighted by atomic mass is 79.9. The zero-order valence-electron chi connectivity index (χ0n) is 10.3. The summed E-state index contributed by atoms with van der Waals surface area (Å²) in [7, 11) is -2.96. The van der Waals surface area contributed by atoms with Crippen LogP contribution >= 0.6 is 15.9 Å². The second-order valence-electron chi connectivity index (χ2n) is 4.86. The van der Waals surface area contributed by atoms with Crippen molar-refractivity contribution in [3.8, 4) is 0 Å². The minimum absolute atomic E-state index is 0.0952. The number of hydrogen-bond acceptors (Lipinski definition) is 3. The van der Waals surface area contributed by atoms with Crippen LogP contribution in [0.4, 0.5) is 0 Å². The SMILES string of the molecule is O=C(O)C(c1ccc(Br)cc1)C1CCS(=O)(=O)CC1. The zero-order valence-corrected chi connectivity index (χ0v) is 12.7. The Labute approximate surface area is 120 Å². The Hall–Kier alpha value is -0.880. The highest BCUT2D eigenvalue weighted by Gasteiger charge is 2.34. The Kier molecular flexibility index (Phi) is 4.30. The molecule has 19 heavy (non-hydrogen) atoms. The van der Waals surface area contributed by atoms with Gasteiger partial charge in [0, 0.05) is 4.47 Å². The van der Waals surface area contributed by atoms with Crippen molar-refractivity contribution in [1.29, 1.82) is 0 Å². The number of sulfone groups is 1. The van der Waals surface area contributed by atoms with Gasteiger partial charge >= 0.3 is 5.97 Å². The molecule has 1 unspecified atom stereocenters. The summed E-state index contributed by atoms with van der Waals surface area (Å²) in [6.07, 6.45) is 0.852. The Morgan fingerprint density at radius 1 is 1.21 bits per heavy atom. The van der Waals surface area contributed by atoms with Crippen molar-refractivity contribution in [2.45, 2.75) is 18.8 Å². The van der Waals surface area contributed by atoms with Crippen LogP contribution in [-0.2, 0) is 14.6 Å². The van der Waals surface area contributed by atoms with Crippen LogP contribution in [0.15, 0.2) is 28.7 Å². The van der Waals surface area contributed by atoms with Crippen molar-refractivity contribution < 1.29 is 18.3 Å². The molecule has 0 amide bonds. The number of benzene rings is 1. The Morgan fingerprint density at radius 3 is 2.21 bits per heavy atom. The maximum absolute atomic E-state index is 11.5. The minimum Gasteiger partial charge on any atom is -0.481 e. The summed E-state index contributed by atoms with van der Waals surface area (Å²) in [4.78, 5) is 11.5. The van der Waals surface area contributed by atoms with E-state index in [9.17, 15) is 18.3 Å². The predicted molar refractivity (Wildman–Crippen MR) is 75.9 cm³/mol. The number of rotatable bonds is 3. The fourth-order valence-electron chi connectivity index (χ4n) is 2.53. The van der Waals surface area contributed by atoms with Crippen molar-refractivity contribution in [3.05, 3.63) is 34.3 Å². The predicted octanol–water partition coefficient (Wildman–Crippen LogP) is 2.44. The average Bonchev–Trinajstić information content (AvgIpc) is 2.33. The smallest absolute Gasteiger partial charge is 0.311 e. The van der Waals surface area contributed by atoms with E-state index in [0.29, 0.717) is 12.8 Å². The molecule has 1 aliphatic heterocycles. The first-order valence-electron chi connectivity index (χ1n) is 6.08. The quantitative estimate of drug-likeness (QED) is 0.912. The number of carboxylic acids is 1. The van der Waals surface area contributed by atoms with Crippen molar-refractivity contribution in [1.82, 2.24) is 0 Å². The lowest BCUT2D eigenvalue weighted by atomic mass is 9.82. The maximum atomic E-state index is 11.5. The molecule has 0 radical (unpaired) electrons. The monoisotopic (exact) mass is 346 g/mol. The van der Waals surface area contributed by atoms with E-state index in [0.717, 1.165) is 10.0 Å². The molecule has 6 heteroatoms. The van der Waals surface area contributed by atoms with Crippen LogP contribution in [0.5, 0.6) is 0 Å². The molecule has 0 aliphatic carbocycles. The molecule has 1 aliphatic rings. The Balaban J connectivity index is 2.22. The van der Waals surface area contributed by atoms with Crippen molar-refractivity contribution in [3.63, 3.8) is 0 Å². The third-order valence-electron chi connectivity index (χ3n) is 3.57. The van der Waals surface area contributed by atoms with Crippen LogP contribution < -0.4 is 0 Å². The van der Waals surface area contributed by atoms with Gasteiger partial charge in [0.1, 0.15) is 9.84 Å². The zero-order chi connectivity index (χ0) is 14.0. The normalized spacial score (nSPS) is 20.9. The first-order chi connectivity index (χ1) is 8.89. The molecule has 0 bridgehead atoms. The fraction of sp³-hybridized carbons (Fsp3) is 0.462. The van der Waals surface area contributed by atoms with Gasteiger partial charge in [-0.3, -0.25) is 4.79 Å². The number of carboxylic acid groups (broad SMARTS) is 1. The molecule has 0 aromatic heterocycles. The number of hydrogen-bond donors (Lipinski definition) is 1. The molecule has 1 heterocycles. The summed E-state index contributed by atoms with van der Waals surface area (Å²) in [5.74, 6) is -1.42. The van der Waals surface area contributed by atoms with Crippen LogP contribution in [0.2, 0.25) is 0 Å². The van der Waals surface area contributed by atoms with Gasteiger partial charge in [0.05, 0.1) is 17.4 Å². The highest BCUT2D eigenvalue weighted by molar-refractivity contribution is 9.10. The largest absolute Gasteiger partial charge is 0.481 e. The van der Waals surface area contributed by atoms with Gasteiger partial charge in [-0.25, -0.2) is 8.42 Å². The number of halogens is 1. The van der Waals surface area contributed by atoms with E-state index in [-0.39, 0.29) is 17.4 Å². The molecular formula is C13H15BrO4S. The molecule has 1 atom stereocenters. The van der Waals surface area contributed by atoms with E-state index >= 15 is 0 Å². The summed E-state index contributed by atoms with van der Waals surface area (Å²) >= 11 is 3.32. The Morgan fingerprint density at radius 2 is 1.74 bits per heavy atom.